The molecule has 100 valence electrons. The number of phenolic OH excluding ortho intramolecular Hbond substituents is 1. The van der Waals surface area contributed by atoms with Crippen molar-refractivity contribution >= 4 is 22.1 Å². The second-order valence-corrected chi connectivity index (χ2v) is 4.92. The molecule has 0 saturated carbocycles. The highest BCUT2D eigenvalue weighted by Gasteiger charge is 2.07. The first-order valence-electron chi connectivity index (χ1n) is 6.48. The number of rotatable bonds is 2. The number of anilines is 2. The summed E-state index contributed by atoms with van der Waals surface area (Å²) in [5, 5.41) is 11.3. The van der Waals surface area contributed by atoms with Crippen molar-refractivity contribution in [3.05, 3.63) is 65.7 Å². The van der Waals surface area contributed by atoms with Gasteiger partial charge in [0.2, 0.25) is 0 Å². The normalized spacial score (nSPS) is 10.8. The summed E-state index contributed by atoms with van der Waals surface area (Å²) in [5.41, 5.74) is 15.9. The van der Waals surface area contributed by atoms with Crippen molar-refractivity contribution in [1.29, 1.82) is 0 Å². The van der Waals surface area contributed by atoms with E-state index in [1.54, 1.807) is 12.1 Å². The van der Waals surface area contributed by atoms with E-state index in [1.165, 1.54) is 0 Å². The molecule has 3 heteroatoms. The maximum atomic E-state index is 9.31. The van der Waals surface area contributed by atoms with Crippen molar-refractivity contribution in [2.24, 2.45) is 0 Å². The third-order valence-corrected chi connectivity index (χ3v) is 3.56. The highest BCUT2D eigenvalue weighted by Crippen LogP contribution is 2.30. The summed E-state index contributed by atoms with van der Waals surface area (Å²) < 4.78 is 0. The molecule has 3 rings (SSSR count). The van der Waals surface area contributed by atoms with E-state index in [0.717, 1.165) is 39.7 Å². The number of hydrogen-bond donors (Lipinski definition) is 3. The topological polar surface area (TPSA) is 72.3 Å². The number of nitrogens with two attached hydrogens (primary N) is 2. The fourth-order valence-electron chi connectivity index (χ4n) is 2.44. The quantitative estimate of drug-likeness (QED) is 0.622. The number of hydrogen-bond acceptors (Lipinski definition) is 3. The second-order valence-electron chi connectivity index (χ2n) is 4.92. The maximum absolute atomic E-state index is 9.31. The van der Waals surface area contributed by atoms with Crippen LogP contribution in [-0.4, -0.2) is 5.11 Å². The molecule has 0 fully saturated rings. The highest BCUT2D eigenvalue weighted by molar-refractivity contribution is 6.01. The van der Waals surface area contributed by atoms with Crippen molar-refractivity contribution in [3.63, 3.8) is 0 Å². The minimum atomic E-state index is 0.271. The molecule has 0 radical (unpaired) electrons. The smallest absolute Gasteiger partial charge is 0.115 e. The van der Waals surface area contributed by atoms with Crippen LogP contribution in [0.1, 0.15) is 11.1 Å². The summed E-state index contributed by atoms with van der Waals surface area (Å²) in [6.45, 7) is 0. The molecule has 0 spiro atoms. The van der Waals surface area contributed by atoms with Gasteiger partial charge in [0.05, 0.1) is 0 Å². The minimum Gasteiger partial charge on any atom is -0.508 e. The summed E-state index contributed by atoms with van der Waals surface area (Å²) in [6.07, 6.45) is 0.733. The van der Waals surface area contributed by atoms with Crippen LogP contribution in [0.4, 0.5) is 11.4 Å². The van der Waals surface area contributed by atoms with Crippen molar-refractivity contribution in [2.75, 3.05) is 11.5 Å². The molecule has 0 unspecified atom stereocenters. The molecule has 0 amide bonds. The Labute approximate surface area is 117 Å². The molecule has 0 heterocycles. The first-order chi connectivity index (χ1) is 9.65. The number of benzene rings is 3. The van der Waals surface area contributed by atoms with Gasteiger partial charge in [0.1, 0.15) is 5.75 Å². The maximum Gasteiger partial charge on any atom is 0.115 e. The molecule has 0 aromatic heterocycles. The van der Waals surface area contributed by atoms with Crippen molar-refractivity contribution < 1.29 is 5.11 Å². The molecule has 0 bridgehead atoms. The number of aromatic hydroxyl groups is 1. The van der Waals surface area contributed by atoms with E-state index in [2.05, 4.69) is 0 Å². The van der Waals surface area contributed by atoms with Gasteiger partial charge in [0.25, 0.3) is 0 Å². The van der Waals surface area contributed by atoms with E-state index in [1.807, 2.05) is 42.5 Å². The molecule has 0 atom stereocenters. The van der Waals surface area contributed by atoms with Crippen LogP contribution >= 0.6 is 0 Å². The van der Waals surface area contributed by atoms with Gasteiger partial charge in [-0.1, -0.05) is 36.4 Å². The van der Waals surface area contributed by atoms with Gasteiger partial charge < -0.3 is 16.6 Å². The van der Waals surface area contributed by atoms with Gasteiger partial charge in [-0.2, -0.15) is 0 Å². The third kappa shape index (κ3) is 2.14. The van der Waals surface area contributed by atoms with E-state index in [0.29, 0.717) is 0 Å². The fraction of sp³-hybridized carbons (Fsp3) is 0.0588. The Bertz CT molecular complexity index is 764. The molecule has 3 nitrogen and oxygen atoms in total. The van der Waals surface area contributed by atoms with Gasteiger partial charge in [-0.3, -0.25) is 0 Å². The molecule has 0 aliphatic heterocycles. The Kier molecular flexibility index (Phi) is 2.95. The zero-order chi connectivity index (χ0) is 14.1. The molecular formula is C17H16N2O. The van der Waals surface area contributed by atoms with Gasteiger partial charge >= 0.3 is 0 Å². The van der Waals surface area contributed by atoms with E-state index in [9.17, 15) is 5.11 Å². The minimum absolute atomic E-state index is 0.271. The monoisotopic (exact) mass is 264 g/mol. The van der Waals surface area contributed by atoms with E-state index < -0.39 is 0 Å². The zero-order valence-corrected chi connectivity index (χ0v) is 11.0. The lowest BCUT2D eigenvalue weighted by Gasteiger charge is -2.11. The molecule has 0 aliphatic rings. The van der Waals surface area contributed by atoms with Crippen LogP contribution in [0, 0.1) is 0 Å². The first-order valence-corrected chi connectivity index (χ1v) is 6.48. The van der Waals surface area contributed by atoms with Gasteiger partial charge in [-0.15, -0.1) is 0 Å². The first kappa shape index (κ1) is 12.4. The van der Waals surface area contributed by atoms with Gasteiger partial charge in [0.15, 0.2) is 0 Å². The van der Waals surface area contributed by atoms with Crippen LogP contribution in [0.3, 0.4) is 0 Å². The number of nitrogen functional groups attached to an aromatic ring is 2. The molecule has 5 N–H and O–H groups in total. The van der Waals surface area contributed by atoms with Gasteiger partial charge in [0, 0.05) is 22.1 Å². The predicted octanol–water partition coefficient (Wildman–Crippen LogP) is 3.30. The van der Waals surface area contributed by atoms with Gasteiger partial charge in [-0.25, -0.2) is 0 Å². The highest BCUT2D eigenvalue weighted by atomic mass is 16.3. The lowest BCUT2D eigenvalue weighted by Crippen LogP contribution is -1.98. The average molecular weight is 264 g/mol. The third-order valence-electron chi connectivity index (χ3n) is 3.56. The van der Waals surface area contributed by atoms with E-state index in [-0.39, 0.29) is 5.75 Å². The van der Waals surface area contributed by atoms with Crippen LogP contribution in [0.5, 0.6) is 5.75 Å². The molecule has 0 aliphatic carbocycles. The van der Waals surface area contributed by atoms with Crippen LogP contribution in [-0.2, 0) is 6.42 Å². The summed E-state index contributed by atoms with van der Waals surface area (Å²) >= 11 is 0. The lowest BCUT2D eigenvalue weighted by atomic mass is 9.98. The fourth-order valence-corrected chi connectivity index (χ4v) is 2.44. The van der Waals surface area contributed by atoms with Crippen molar-refractivity contribution in [1.82, 2.24) is 0 Å². The summed E-state index contributed by atoms with van der Waals surface area (Å²) in [7, 11) is 0. The number of fused-ring (bicyclic) bond motifs is 1. The lowest BCUT2D eigenvalue weighted by molar-refractivity contribution is 0.475. The van der Waals surface area contributed by atoms with E-state index in [4.69, 9.17) is 11.5 Å². The molecule has 0 saturated heterocycles. The molecule has 20 heavy (non-hydrogen) atoms. The van der Waals surface area contributed by atoms with Crippen LogP contribution in [0.2, 0.25) is 0 Å². The Morgan fingerprint density at radius 1 is 0.800 bits per heavy atom. The predicted molar refractivity (Wildman–Crippen MR) is 83.7 cm³/mol. The Hall–Kier alpha value is -2.68. The molecule has 3 aromatic rings. The van der Waals surface area contributed by atoms with Crippen molar-refractivity contribution in [2.45, 2.75) is 6.42 Å². The summed E-state index contributed by atoms with van der Waals surface area (Å²) in [6, 6.07) is 17.0. The SMILES string of the molecule is Nc1cccc2c(N)c(Cc3ccc(O)cc3)ccc12. The second kappa shape index (κ2) is 4.78. The average Bonchev–Trinajstić information content (AvgIpc) is 2.45. The van der Waals surface area contributed by atoms with E-state index >= 15 is 0 Å². The largest absolute Gasteiger partial charge is 0.508 e. The van der Waals surface area contributed by atoms with Crippen LogP contribution in [0.25, 0.3) is 10.8 Å². The Balaban J connectivity index is 2.04. The summed E-state index contributed by atoms with van der Waals surface area (Å²) in [5.74, 6) is 0.271. The Morgan fingerprint density at radius 3 is 2.30 bits per heavy atom. The molecular weight excluding hydrogens is 248 g/mol. The Morgan fingerprint density at radius 2 is 1.55 bits per heavy atom. The molecule has 3 aromatic carbocycles. The van der Waals surface area contributed by atoms with Crippen LogP contribution < -0.4 is 11.5 Å². The number of phenols is 1. The van der Waals surface area contributed by atoms with Gasteiger partial charge in [-0.05, 0) is 35.7 Å². The standard InChI is InChI=1S/C17H16N2O/c18-16-3-1-2-15-14(16)9-6-12(17(15)19)10-11-4-7-13(20)8-5-11/h1-9,20H,10,18-19H2. The summed E-state index contributed by atoms with van der Waals surface area (Å²) in [4.78, 5) is 0. The zero-order valence-electron chi connectivity index (χ0n) is 11.0. The van der Waals surface area contributed by atoms with Crippen molar-refractivity contribution in [3.8, 4) is 5.75 Å². The van der Waals surface area contributed by atoms with Crippen LogP contribution in [0.15, 0.2) is 54.6 Å².